The molecule has 4 atom stereocenters. The van der Waals surface area contributed by atoms with Gasteiger partial charge in [0.25, 0.3) is 0 Å². The number of carbonyl (C=O) groups is 6. The minimum Gasteiger partial charge on any atom is -0.508 e. The van der Waals surface area contributed by atoms with E-state index in [1.165, 1.54) is 12.1 Å². The summed E-state index contributed by atoms with van der Waals surface area (Å²) in [6, 6.07) is 0.122. The third-order valence-corrected chi connectivity index (χ3v) is 5.12. The fraction of sp³-hybridized carbons (Fsp3) is 0.455. The van der Waals surface area contributed by atoms with Gasteiger partial charge in [-0.2, -0.15) is 0 Å². The fourth-order valence-corrected chi connectivity index (χ4v) is 3.08. The number of amides is 4. The zero-order valence-corrected chi connectivity index (χ0v) is 19.8. The Labute approximate surface area is 211 Å². The van der Waals surface area contributed by atoms with Gasteiger partial charge in [0, 0.05) is 12.8 Å². The number of aliphatic hydroxyl groups excluding tert-OH is 1. The Morgan fingerprint density at radius 1 is 0.784 bits per heavy atom. The fourth-order valence-electron chi connectivity index (χ4n) is 3.08. The molecule has 11 N–H and O–H groups in total. The third kappa shape index (κ3) is 11.4. The Balaban J connectivity index is 2.88. The highest BCUT2D eigenvalue weighted by Gasteiger charge is 2.30. The molecule has 37 heavy (non-hydrogen) atoms. The van der Waals surface area contributed by atoms with E-state index in [9.17, 15) is 44.1 Å². The molecule has 0 aliphatic rings. The first-order valence-corrected chi connectivity index (χ1v) is 11.1. The molecule has 0 saturated carbocycles. The summed E-state index contributed by atoms with van der Waals surface area (Å²) in [4.78, 5) is 71.0. The first kappa shape index (κ1) is 30.8. The summed E-state index contributed by atoms with van der Waals surface area (Å²) in [6.45, 7) is -0.959. The summed E-state index contributed by atoms with van der Waals surface area (Å²) in [5.74, 6) is -6.45. The van der Waals surface area contributed by atoms with Crippen molar-refractivity contribution in [1.29, 1.82) is 0 Å². The summed E-state index contributed by atoms with van der Waals surface area (Å²) < 4.78 is 0. The van der Waals surface area contributed by atoms with Gasteiger partial charge in [-0.15, -0.1) is 0 Å². The van der Waals surface area contributed by atoms with Crippen molar-refractivity contribution in [2.45, 2.75) is 56.3 Å². The Morgan fingerprint density at radius 2 is 1.30 bits per heavy atom. The van der Waals surface area contributed by atoms with Gasteiger partial charge in [0.05, 0.1) is 12.6 Å². The van der Waals surface area contributed by atoms with Crippen molar-refractivity contribution in [3.8, 4) is 5.75 Å². The van der Waals surface area contributed by atoms with Crippen molar-refractivity contribution in [3.63, 3.8) is 0 Å². The number of carboxylic acids is 2. The summed E-state index contributed by atoms with van der Waals surface area (Å²) in [5, 5.41) is 43.3. The minimum absolute atomic E-state index is 0.0176. The quantitative estimate of drug-likeness (QED) is 0.104. The number of benzene rings is 1. The van der Waals surface area contributed by atoms with Gasteiger partial charge in [0.1, 0.15) is 23.9 Å². The lowest BCUT2D eigenvalue weighted by Crippen LogP contribution is -2.58. The van der Waals surface area contributed by atoms with E-state index in [2.05, 4.69) is 10.6 Å². The summed E-state index contributed by atoms with van der Waals surface area (Å²) in [7, 11) is 0. The topological polar surface area (TPSA) is 271 Å². The van der Waals surface area contributed by atoms with Gasteiger partial charge < -0.3 is 47.8 Å². The predicted molar refractivity (Wildman–Crippen MR) is 126 cm³/mol. The Kier molecular flexibility index (Phi) is 12.5. The standard InChI is InChI=1S/C22H31N5O10/c23-13(9-11-1-3-12(29)4-2-11)19(33)25-14(5-7-17(24)30)20(34)27-16(10-28)21(35)26-15(22(36)37)6-8-18(31)32/h1-4,13-16,28-29H,5-10,23H2,(H2,24,30)(H,25,33)(H,26,35)(H,27,34)(H,31,32)(H,36,37). The number of carbonyl (C=O) groups excluding carboxylic acids is 4. The normalized spacial score (nSPS) is 13.9. The summed E-state index contributed by atoms with van der Waals surface area (Å²) in [6.07, 6.45) is -1.55. The number of nitrogens with one attached hydrogen (secondary N) is 3. The zero-order chi connectivity index (χ0) is 28.1. The van der Waals surface area contributed by atoms with Crippen LogP contribution in [0.3, 0.4) is 0 Å². The van der Waals surface area contributed by atoms with Gasteiger partial charge >= 0.3 is 11.9 Å². The van der Waals surface area contributed by atoms with Crippen molar-refractivity contribution in [2.75, 3.05) is 6.61 Å². The van der Waals surface area contributed by atoms with Gasteiger partial charge in [-0.25, -0.2) is 4.79 Å². The molecule has 1 rings (SSSR count). The van der Waals surface area contributed by atoms with Gasteiger partial charge in [-0.3, -0.25) is 24.0 Å². The third-order valence-electron chi connectivity index (χ3n) is 5.12. The molecule has 0 fully saturated rings. The van der Waals surface area contributed by atoms with E-state index >= 15 is 0 Å². The molecule has 1 aromatic carbocycles. The van der Waals surface area contributed by atoms with Crippen molar-refractivity contribution < 1.29 is 49.2 Å². The highest BCUT2D eigenvalue weighted by Crippen LogP contribution is 2.11. The lowest BCUT2D eigenvalue weighted by molar-refractivity contribution is -0.143. The maximum atomic E-state index is 12.8. The Bertz CT molecular complexity index is 985. The summed E-state index contributed by atoms with van der Waals surface area (Å²) in [5.41, 5.74) is 11.6. The van der Waals surface area contributed by atoms with E-state index in [0.29, 0.717) is 5.56 Å². The lowest BCUT2D eigenvalue weighted by atomic mass is 10.0. The SMILES string of the molecule is NC(=O)CCC(NC(=O)C(N)Cc1ccc(O)cc1)C(=O)NC(CO)C(=O)NC(CCC(=O)O)C(=O)O. The second kappa shape index (κ2) is 15.0. The Morgan fingerprint density at radius 3 is 1.81 bits per heavy atom. The number of primary amides is 1. The number of aromatic hydroxyl groups is 1. The molecule has 0 aliphatic heterocycles. The molecule has 0 bridgehead atoms. The molecule has 15 nitrogen and oxygen atoms in total. The molecule has 204 valence electrons. The van der Waals surface area contributed by atoms with Crippen LogP contribution >= 0.6 is 0 Å². The number of carboxylic acid groups (broad SMARTS) is 2. The van der Waals surface area contributed by atoms with Crippen LogP contribution < -0.4 is 27.4 Å². The molecule has 4 amide bonds. The number of rotatable bonds is 16. The highest BCUT2D eigenvalue weighted by molar-refractivity contribution is 5.94. The van der Waals surface area contributed by atoms with Crippen molar-refractivity contribution >= 4 is 35.6 Å². The molecule has 1 aromatic rings. The monoisotopic (exact) mass is 525 g/mol. The molecule has 0 saturated heterocycles. The van der Waals surface area contributed by atoms with Gasteiger partial charge in [-0.05, 0) is 37.0 Å². The van der Waals surface area contributed by atoms with Crippen LogP contribution in [0.15, 0.2) is 24.3 Å². The average molecular weight is 526 g/mol. The number of nitrogens with two attached hydrogens (primary N) is 2. The van der Waals surface area contributed by atoms with Crippen molar-refractivity contribution in [3.05, 3.63) is 29.8 Å². The molecule has 4 unspecified atom stereocenters. The van der Waals surface area contributed by atoms with Crippen LogP contribution in [0.4, 0.5) is 0 Å². The maximum Gasteiger partial charge on any atom is 0.326 e. The second-order valence-corrected chi connectivity index (χ2v) is 8.12. The van der Waals surface area contributed by atoms with E-state index in [-0.39, 0.29) is 25.0 Å². The van der Waals surface area contributed by atoms with Gasteiger partial charge in [0.2, 0.25) is 23.6 Å². The number of phenols is 1. The van der Waals surface area contributed by atoms with Crippen LogP contribution in [0.25, 0.3) is 0 Å². The van der Waals surface area contributed by atoms with E-state index in [0.717, 1.165) is 0 Å². The first-order chi connectivity index (χ1) is 17.3. The van der Waals surface area contributed by atoms with Gasteiger partial charge in [-0.1, -0.05) is 12.1 Å². The molecule has 0 heterocycles. The van der Waals surface area contributed by atoms with Gasteiger partial charge in [0.15, 0.2) is 0 Å². The number of hydrogen-bond acceptors (Lipinski definition) is 9. The van der Waals surface area contributed by atoms with Crippen LogP contribution in [0.5, 0.6) is 5.75 Å². The Hall–Kier alpha value is -4.24. The molecule has 0 spiro atoms. The number of aliphatic carboxylic acids is 2. The molecule has 0 aromatic heterocycles. The van der Waals surface area contributed by atoms with Crippen LogP contribution in [0, 0.1) is 0 Å². The number of aliphatic hydroxyl groups is 1. The van der Waals surface area contributed by atoms with Crippen LogP contribution in [-0.2, 0) is 35.2 Å². The van der Waals surface area contributed by atoms with E-state index in [4.69, 9.17) is 16.6 Å². The maximum absolute atomic E-state index is 12.8. The number of phenolic OH excluding ortho intramolecular Hbond substituents is 1. The predicted octanol–water partition coefficient (Wildman–Crippen LogP) is -3.08. The van der Waals surface area contributed by atoms with Crippen LogP contribution in [0.2, 0.25) is 0 Å². The number of hydrogen-bond donors (Lipinski definition) is 9. The molecular weight excluding hydrogens is 494 g/mol. The second-order valence-electron chi connectivity index (χ2n) is 8.12. The van der Waals surface area contributed by atoms with Crippen molar-refractivity contribution in [1.82, 2.24) is 16.0 Å². The minimum atomic E-state index is -1.65. The molecule has 15 heteroatoms. The molecular formula is C22H31N5O10. The van der Waals surface area contributed by atoms with E-state index < -0.39 is 79.2 Å². The molecule has 0 radical (unpaired) electrons. The summed E-state index contributed by atoms with van der Waals surface area (Å²) >= 11 is 0. The van der Waals surface area contributed by atoms with E-state index in [1.807, 2.05) is 5.32 Å². The highest BCUT2D eigenvalue weighted by atomic mass is 16.4. The smallest absolute Gasteiger partial charge is 0.326 e. The molecule has 0 aliphatic carbocycles. The zero-order valence-electron chi connectivity index (χ0n) is 19.8. The lowest BCUT2D eigenvalue weighted by Gasteiger charge is -2.24. The van der Waals surface area contributed by atoms with Crippen molar-refractivity contribution in [2.24, 2.45) is 11.5 Å². The largest absolute Gasteiger partial charge is 0.508 e. The average Bonchev–Trinajstić information content (AvgIpc) is 2.83. The van der Waals surface area contributed by atoms with Crippen LogP contribution in [0.1, 0.15) is 31.2 Å². The van der Waals surface area contributed by atoms with E-state index in [1.54, 1.807) is 12.1 Å². The first-order valence-electron chi connectivity index (χ1n) is 11.1. The van der Waals surface area contributed by atoms with Crippen LogP contribution in [-0.4, -0.2) is 86.8 Å².